The first kappa shape index (κ1) is 11.9. The summed E-state index contributed by atoms with van der Waals surface area (Å²) in [5.74, 6) is 1.49. The molecule has 2 heterocycles. The Hall–Kier alpha value is -1.62. The van der Waals surface area contributed by atoms with E-state index in [1.54, 1.807) is 7.11 Å². The maximum Gasteiger partial charge on any atom is 0.215 e. The van der Waals surface area contributed by atoms with Crippen molar-refractivity contribution in [2.75, 3.05) is 7.11 Å². The number of imidazole rings is 1. The number of methoxy groups -OCH3 is 1. The molecule has 0 amide bonds. The van der Waals surface area contributed by atoms with Crippen LogP contribution in [-0.2, 0) is 6.42 Å². The van der Waals surface area contributed by atoms with E-state index < -0.39 is 0 Å². The average molecular weight is 234 g/mol. The van der Waals surface area contributed by atoms with Crippen molar-refractivity contribution < 1.29 is 4.74 Å². The Bertz CT molecular complexity index is 513. The van der Waals surface area contributed by atoms with Crippen molar-refractivity contribution in [3.05, 3.63) is 18.0 Å². The van der Waals surface area contributed by atoms with Gasteiger partial charge < -0.3 is 15.5 Å². The van der Waals surface area contributed by atoms with Crippen molar-refractivity contribution in [1.82, 2.24) is 15.0 Å². The lowest BCUT2D eigenvalue weighted by Gasteiger charge is -2.16. The van der Waals surface area contributed by atoms with Crippen LogP contribution in [-0.4, -0.2) is 27.6 Å². The second-order valence-corrected chi connectivity index (χ2v) is 4.90. The predicted molar refractivity (Wildman–Crippen MR) is 67.0 cm³/mol. The molecule has 0 bridgehead atoms. The van der Waals surface area contributed by atoms with Crippen LogP contribution < -0.4 is 10.5 Å². The Morgan fingerprint density at radius 3 is 2.76 bits per heavy atom. The summed E-state index contributed by atoms with van der Waals surface area (Å²) in [5, 5.41) is 0. The van der Waals surface area contributed by atoms with Crippen molar-refractivity contribution in [2.24, 2.45) is 5.73 Å². The molecular weight excluding hydrogens is 216 g/mol. The normalized spacial score (nSPS) is 12.0. The van der Waals surface area contributed by atoms with Gasteiger partial charge in [-0.1, -0.05) is 0 Å². The van der Waals surface area contributed by atoms with E-state index in [0.717, 1.165) is 24.2 Å². The first-order valence-electron chi connectivity index (χ1n) is 5.66. The van der Waals surface area contributed by atoms with E-state index in [1.807, 2.05) is 26.0 Å². The van der Waals surface area contributed by atoms with Crippen LogP contribution in [0, 0.1) is 0 Å². The molecule has 3 N–H and O–H groups in total. The number of hydrogen-bond donors (Lipinski definition) is 2. The molecule has 0 aromatic carbocycles. The van der Waals surface area contributed by atoms with Crippen LogP contribution in [0.25, 0.3) is 11.2 Å². The zero-order valence-electron chi connectivity index (χ0n) is 10.4. The standard InChI is InChI=1S/C12H18N4O/c1-12(2,13)7-6-9-14-8-4-5-10(17-3)16-11(8)15-9/h4-5H,6-7,13H2,1-3H3,(H,14,15,16). The first-order chi connectivity index (χ1) is 7.98. The number of aryl methyl sites for hydroxylation is 1. The summed E-state index contributed by atoms with van der Waals surface area (Å²) in [6.07, 6.45) is 1.70. The molecule has 2 aromatic rings. The second-order valence-electron chi connectivity index (χ2n) is 4.90. The summed E-state index contributed by atoms with van der Waals surface area (Å²) in [4.78, 5) is 11.9. The molecule has 0 fully saturated rings. The van der Waals surface area contributed by atoms with Crippen molar-refractivity contribution >= 4 is 11.2 Å². The van der Waals surface area contributed by atoms with Gasteiger partial charge in [0.25, 0.3) is 0 Å². The quantitative estimate of drug-likeness (QED) is 0.843. The number of nitrogens with one attached hydrogen (secondary N) is 1. The van der Waals surface area contributed by atoms with Crippen molar-refractivity contribution in [2.45, 2.75) is 32.2 Å². The van der Waals surface area contributed by atoms with Crippen molar-refractivity contribution in [3.8, 4) is 5.88 Å². The Kier molecular flexibility index (Phi) is 3.02. The van der Waals surface area contributed by atoms with Gasteiger partial charge in [0.05, 0.1) is 12.6 Å². The molecule has 0 aliphatic heterocycles. The van der Waals surface area contributed by atoms with E-state index in [1.165, 1.54) is 0 Å². The number of H-pyrrole nitrogens is 1. The molecule has 17 heavy (non-hydrogen) atoms. The fourth-order valence-corrected chi connectivity index (χ4v) is 1.60. The summed E-state index contributed by atoms with van der Waals surface area (Å²) >= 11 is 0. The van der Waals surface area contributed by atoms with Gasteiger partial charge in [0.1, 0.15) is 5.82 Å². The number of aromatic amines is 1. The SMILES string of the molecule is COc1ccc2[nH]c(CCC(C)(C)N)nc2n1. The third-order valence-electron chi connectivity index (χ3n) is 2.58. The van der Waals surface area contributed by atoms with E-state index in [4.69, 9.17) is 10.5 Å². The van der Waals surface area contributed by atoms with E-state index in [9.17, 15) is 0 Å². The summed E-state index contributed by atoms with van der Waals surface area (Å²) in [5.41, 5.74) is 7.38. The van der Waals surface area contributed by atoms with Crippen LogP contribution in [0.15, 0.2) is 12.1 Å². The van der Waals surface area contributed by atoms with Crippen molar-refractivity contribution in [3.63, 3.8) is 0 Å². The summed E-state index contributed by atoms with van der Waals surface area (Å²) in [6.45, 7) is 4.02. The summed E-state index contributed by atoms with van der Waals surface area (Å²) in [6, 6.07) is 3.74. The first-order valence-corrected chi connectivity index (χ1v) is 5.66. The van der Waals surface area contributed by atoms with Gasteiger partial charge >= 0.3 is 0 Å². The van der Waals surface area contributed by atoms with E-state index in [0.29, 0.717) is 11.5 Å². The third kappa shape index (κ3) is 2.94. The molecule has 0 saturated heterocycles. The molecule has 0 saturated carbocycles. The number of pyridine rings is 1. The number of hydrogen-bond acceptors (Lipinski definition) is 4. The minimum Gasteiger partial charge on any atom is -0.481 e. The van der Waals surface area contributed by atoms with Crippen LogP contribution in [0.5, 0.6) is 5.88 Å². The molecule has 0 radical (unpaired) electrons. The summed E-state index contributed by atoms with van der Waals surface area (Å²) < 4.78 is 5.06. The number of ether oxygens (including phenoxy) is 1. The maximum absolute atomic E-state index is 5.95. The Balaban J connectivity index is 2.20. The maximum atomic E-state index is 5.95. The number of rotatable bonds is 4. The second kappa shape index (κ2) is 4.33. The fourth-order valence-electron chi connectivity index (χ4n) is 1.60. The lowest BCUT2D eigenvalue weighted by Crippen LogP contribution is -2.32. The van der Waals surface area contributed by atoms with Gasteiger partial charge in [0.2, 0.25) is 5.88 Å². The van der Waals surface area contributed by atoms with Crippen molar-refractivity contribution in [1.29, 1.82) is 0 Å². The molecule has 5 nitrogen and oxygen atoms in total. The zero-order chi connectivity index (χ0) is 12.5. The van der Waals surface area contributed by atoms with Gasteiger partial charge in [-0.15, -0.1) is 0 Å². The number of aromatic nitrogens is 3. The zero-order valence-corrected chi connectivity index (χ0v) is 10.4. The van der Waals surface area contributed by atoms with Crippen LogP contribution >= 0.6 is 0 Å². The van der Waals surface area contributed by atoms with Gasteiger partial charge in [-0.2, -0.15) is 4.98 Å². The number of fused-ring (bicyclic) bond motifs is 1. The van der Waals surface area contributed by atoms with Crippen LogP contribution in [0.1, 0.15) is 26.1 Å². The fraction of sp³-hybridized carbons (Fsp3) is 0.500. The lowest BCUT2D eigenvalue weighted by molar-refractivity contribution is 0.399. The monoisotopic (exact) mass is 234 g/mol. The average Bonchev–Trinajstić information content (AvgIpc) is 2.66. The molecule has 0 aliphatic rings. The molecule has 2 aromatic heterocycles. The highest BCUT2D eigenvalue weighted by atomic mass is 16.5. The van der Waals surface area contributed by atoms with Crippen LogP contribution in [0.4, 0.5) is 0 Å². The van der Waals surface area contributed by atoms with E-state index in [-0.39, 0.29) is 5.54 Å². The molecule has 5 heteroatoms. The molecule has 2 rings (SSSR count). The largest absolute Gasteiger partial charge is 0.481 e. The molecular formula is C12H18N4O. The minimum atomic E-state index is -0.176. The smallest absolute Gasteiger partial charge is 0.215 e. The highest BCUT2D eigenvalue weighted by Gasteiger charge is 2.12. The molecule has 0 aliphatic carbocycles. The molecule has 0 atom stereocenters. The lowest BCUT2D eigenvalue weighted by atomic mass is 10.0. The van der Waals surface area contributed by atoms with E-state index >= 15 is 0 Å². The third-order valence-corrected chi connectivity index (χ3v) is 2.58. The van der Waals surface area contributed by atoms with E-state index in [2.05, 4.69) is 15.0 Å². The van der Waals surface area contributed by atoms with Gasteiger partial charge in [0.15, 0.2) is 5.65 Å². The Labute approximate surface area is 100 Å². The number of nitrogens with zero attached hydrogens (tertiary/aromatic N) is 2. The predicted octanol–water partition coefficient (Wildman–Crippen LogP) is 1.64. The highest BCUT2D eigenvalue weighted by Crippen LogP contribution is 2.16. The minimum absolute atomic E-state index is 0.176. The molecule has 92 valence electrons. The summed E-state index contributed by atoms with van der Waals surface area (Å²) in [7, 11) is 1.60. The molecule has 0 spiro atoms. The molecule has 0 unspecified atom stereocenters. The van der Waals surface area contributed by atoms with Gasteiger partial charge in [-0.25, -0.2) is 4.98 Å². The van der Waals surface area contributed by atoms with Gasteiger partial charge in [0, 0.05) is 18.0 Å². The highest BCUT2D eigenvalue weighted by molar-refractivity contribution is 5.71. The van der Waals surface area contributed by atoms with Gasteiger partial charge in [-0.3, -0.25) is 0 Å². The topological polar surface area (TPSA) is 76.8 Å². The van der Waals surface area contributed by atoms with Crippen LogP contribution in [0.3, 0.4) is 0 Å². The number of nitrogens with two attached hydrogens (primary N) is 1. The Morgan fingerprint density at radius 1 is 1.35 bits per heavy atom. The van der Waals surface area contributed by atoms with Gasteiger partial charge in [-0.05, 0) is 26.3 Å². The van der Waals surface area contributed by atoms with Crippen LogP contribution in [0.2, 0.25) is 0 Å². The Morgan fingerprint density at radius 2 is 2.12 bits per heavy atom.